The van der Waals surface area contributed by atoms with E-state index in [-0.39, 0.29) is 11.8 Å². The highest BCUT2D eigenvalue weighted by Crippen LogP contribution is 2.36. The summed E-state index contributed by atoms with van der Waals surface area (Å²) >= 11 is 6.65. The van der Waals surface area contributed by atoms with E-state index in [1.807, 2.05) is 71.0 Å². The number of nitrogens with zero attached hydrogens (tertiary/aromatic N) is 6. The maximum Gasteiger partial charge on any atom is 0.269 e. The van der Waals surface area contributed by atoms with E-state index in [1.54, 1.807) is 70.6 Å². The van der Waals surface area contributed by atoms with Gasteiger partial charge in [-0.3, -0.25) is 19.6 Å². The van der Waals surface area contributed by atoms with Crippen LogP contribution in [0.2, 0.25) is 0 Å². The third kappa shape index (κ3) is 9.79. The summed E-state index contributed by atoms with van der Waals surface area (Å²) in [7, 11) is 5.20. The van der Waals surface area contributed by atoms with Gasteiger partial charge in [-0.15, -0.1) is 0 Å². The first kappa shape index (κ1) is 43.8. The van der Waals surface area contributed by atoms with Gasteiger partial charge in [-0.05, 0) is 116 Å². The van der Waals surface area contributed by atoms with E-state index in [1.165, 1.54) is 6.08 Å². The van der Waals surface area contributed by atoms with Crippen molar-refractivity contribution < 1.29 is 28.2 Å². The number of nitrogens with one attached hydrogen (secondary N) is 3. The van der Waals surface area contributed by atoms with Crippen LogP contribution in [0.3, 0.4) is 0 Å². The minimum absolute atomic E-state index is 0.127. The molecule has 7 heterocycles. The molecule has 314 valence electrons. The average Bonchev–Trinajstić information content (AvgIpc) is 3.50. The Hall–Kier alpha value is -5.81. The quantitative estimate of drug-likeness (QED) is 0.147. The molecule has 3 N–H and O–H groups in total. The van der Waals surface area contributed by atoms with Crippen LogP contribution < -0.4 is 30.2 Å². The van der Waals surface area contributed by atoms with Crippen molar-refractivity contribution in [2.45, 2.75) is 71.8 Å². The van der Waals surface area contributed by atoms with Crippen molar-refractivity contribution in [3.8, 4) is 17.2 Å². The van der Waals surface area contributed by atoms with Crippen LogP contribution in [-0.4, -0.2) is 81.3 Å². The molecular weight excluding hydrogens is 898 g/mol. The van der Waals surface area contributed by atoms with Crippen molar-refractivity contribution in [2.75, 3.05) is 37.1 Å². The lowest BCUT2D eigenvalue weighted by atomic mass is 10.1. The number of rotatable bonds is 4. The lowest BCUT2D eigenvalue weighted by molar-refractivity contribution is -0.129. The first-order chi connectivity index (χ1) is 28.3. The number of furan rings is 1. The number of amidine groups is 2. The molecule has 0 radical (unpaired) electrons. The van der Waals surface area contributed by atoms with E-state index in [0.717, 1.165) is 48.4 Å². The summed E-state index contributed by atoms with van der Waals surface area (Å²) in [6.45, 7) is 13.6. The molecule has 17 heteroatoms. The van der Waals surface area contributed by atoms with Crippen LogP contribution in [0.15, 0.2) is 90.5 Å². The number of benzene rings is 1. The molecule has 15 nitrogen and oxygen atoms in total. The monoisotopic (exact) mass is 943 g/mol. The molecule has 0 saturated heterocycles. The maximum atomic E-state index is 12.6. The number of carbonyl (C=O) groups excluding carboxylic acids is 2. The van der Waals surface area contributed by atoms with Gasteiger partial charge in [0.05, 0.1) is 6.54 Å². The molecule has 0 fully saturated rings. The predicted molar refractivity (Wildman–Crippen MR) is 241 cm³/mol. The highest BCUT2D eigenvalue weighted by molar-refractivity contribution is 9.10. The Kier molecular flexibility index (Phi) is 12.7. The molecule has 5 aromatic rings. The second-order valence-electron chi connectivity index (χ2n) is 15.5. The van der Waals surface area contributed by atoms with E-state index in [2.05, 4.69) is 72.7 Å². The molecule has 3 aliphatic rings. The van der Waals surface area contributed by atoms with Crippen LogP contribution in [0, 0.1) is 6.92 Å². The number of fused-ring (bicyclic) bond motifs is 4. The second kappa shape index (κ2) is 17.4. The summed E-state index contributed by atoms with van der Waals surface area (Å²) in [5.74, 6) is 5.71. The molecule has 0 bridgehead atoms. The van der Waals surface area contributed by atoms with E-state index < -0.39 is 16.8 Å². The summed E-state index contributed by atoms with van der Waals surface area (Å²) in [6.07, 6.45) is 8.29. The number of pyridine rings is 3. The van der Waals surface area contributed by atoms with Crippen molar-refractivity contribution in [1.29, 1.82) is 0 Å². The Morgan fingerprint density at radius 3 is 1.82 bits per heavy atom. The van der Waals surface area contributed by atoms with Crippen LogP contribution in [0.25, 0.3) is 17.0 Å². The fraction of sp³-hybridized carbons (Fsp3) is 0.326. The van der Waals surface area contributed by atoms with Crippen molar-refractivity contribution in [1.82, 2.24) is 19.9 Å². The van der Waals surface area contributed by atoms with E-state index >= 15 is 0 Å². The third-order valence-electron chi connectivity index (χ3n) is 9.57. The van der Waals surface area contributed by atoms with Crippen molar-refractivity contribution in [3.63, 3.8) is 0 Å². The summed E-state index contributed by atoms with van der Waals surface area (Å²) in [4.78, 5) is 46.8. The Balaban J connectivity index is 0.000000172. The molecule has 0 unspecified atom stereocenters. The van der Waals surface area contributed by atoms with Gasteiger partial charge in [-0.2, -0.15) is 0 Å². The van der Waals surface area contributed by atoms with Crippen molar-refractivity contribution in [3.05, 3.63) is 93.0 Å². The summed E-state index contributed by atoms with van der Waals surface area (Å²) in [5.41, 5.74) is 0.806. The molecule has 8 rings (SSSR count). The number of para-hydroxylation sites is 1. The van der Waals surface area contributed by atoms with E-state index in [4.69, 9.17) is 18.6 Å². The summed E-state index contributed by atoms with van der Waals surface area (Å²) < 4.78 is 25.0. The molecule has 2 amide bonds. The number of likely N-dealkylation sites (N-methyl/N-ethyl adjacent to an activating group) is 1. The standard InChI is InChI=1S/C24H26N4O3.C10H12BrN3O.C9H9BrN2O2/c1-15-17-8-6-7-9-18(17)30-20(15)14-28(5)21(29)11-10-16-12-19-22(26-13-16)27-23(25-4)24(2,3)31-19;1-10(2)9(12-3)14-8-7(15-10)4-6(11)5-13-8;1-9(2)8(13)12-7-6(14-9)3-5(10)4-11-7/h6-13H,14H2,1-5H3,(H,25,26,27);4-5H,1-3H3,(H,12,13,14);3-4H,1-2H3,(H,11,12,13)/b11-10+;;. The molecule has 60 heavy (non-hydrogen) atoms. The average molecular weight is 946 g/mol. The van der Waals surface area contributed by atoms with Gasteiger partial charge >= 0.3 is 0 Å². The highest BCUT2D eigenvalue weighted by atomic mass is 79.9. The SMILES string of the molecule is CC1(C)Oc2cc(Br)cnc2NC1=O.CN=C1Nc2ncc(/C=C/C(=O)N(C)Cc3oc4ccccc4c3C)cc2OC1(C)C.CN=C1Nc2ncc(Br)cc2OC1(C)C. The number of aromatic nitrogens is 3. The number of amides is 2. The molecule has 0 saturated carbocycles. The third-order valence-corrected chi connectivity index (χ3v) is 10.4. The van der Waals surface area contributed by atoms with Gasteiger partial charge in [0.25, 0.3) is 5.91 Å². The van der Waals surface area contributed by atoms with Gasteiger partial charge in [-0.1, -0.05) is 18.2 Å². The normalized spacial score (nSPS) is 17.7. The first-order valence-corrected chi connectivity index (χ1v) is 20.5. The fourth-order valence-corrected chi connectivity index (χ4v) is 6.89. The minimum atomic E-state index is -0.838. The number of hydrogen-bond acceptors (Lipinski definition) is 11. The fourth-order valence-electron chi connectivity index (χ4n) is 6.27. The Morgan fingerprint density at radius 2 is 1.27 bits per heavy atom. The number of anilines is 3. The largest absolute Gasteiger partial charge is 0.476 e. The van der Waals surface area contributed by atoms with Gasteiger partial charge in [-0.25, -0.2) is 15.0 Å². The number of aryl methyl sites for hydroxylation is 1. The molecule has 4 aromatic heterocycles. The number of halogens is 2. The number of aliphatic imine (C=N–C) groups is 2. The number of hydrogen-bond donors (Lipinski definition) is 3. The number of ether oxygens (including phenoxy) is 3. The molecule has 3 aliphatic heterocycles. The van der Waals surface area contributed by atoms with E-state index in [0.29, 0.717) is 41.3 Å². The zero-order valence-electron chi connectivity index (χ0n) is 35.0. The van der Waals surface area contributed by atoms with Crippen LogP contribution in [0.5, 0.6) is 17.2 Å². The van der Waals surface area contributed by atoms with Gasteiger partial charge in [0.1, 0.15) is 23.0 Å². The van der Waals surface area contributed by atoms with Crippen molar-refractivity contribution >= 4 is 89.8 Å². The molecule has 0 spiro atoms. The van der Waals surface area contributed by atoms with Gasteiger partial charge in [0, 0.05) is 65.7 Å². The highest BCUT2D eigenvalue weighted by Gasteiger charge is 2.37. The van der Waals surface area contributed by atoms with Gasteiger partial charge in [0.2, 0.25) is 5.91 Å². The Morgan fingerprint density at radius 1 is 0.767 bits per heavy atom. The summed E-state index contributed by atoms with van der Waals surface area (Å²) in [5, 5.41) is 10.1. The van der Waals surface area contributed by atoms with Crippen LogP contribution in [0.4, 0.5) is 17.5 Å². The lowest BCUT2D eigenvalue weighted by Gasteiger charge is -2.33. The van der Waals surface area contributed by atoms with Crippen molar-refractivity contribution in [2.24, 2.45) is 9.98 Å². The predicted octanol–water partition coefficient (Wildman–Crippen LogP) is 8.83. The molecule has 1 aromatic carbocycles. The smallest absolute Gasteiger partial charge is 0.269 e. The van der Waals surface area contributed by atoms with Gasteiger partial charge in [0.15, 0.2) is 51.5 Å². The van der Waals surface area contributed by atoms with Crippen LogP contribution in [-0.2, 0) is 16.1 Å². The summed E-state index contributed by atoms with van der Waals surface area (Å²) in [6, 6.07) is 13.4. The zero-order valence-corrected chi connectivity index (χ0v) is 38.2. The van der Waals surface area contributed by atoms with Gasteiger partial charge < -0.3 is 39.5 Å². The first-order valence-electron chi connectivity index (χ1n) is 18.9. The minimum Gasteiger partial charge on any atom is -0.476 e. The molecule has 0 aliphatic carbocycles. The maximum absolute atomic E-state index is 12.6. The Bertz CT molecular complexity index is 2550. The van der Waals surface area contributed by atoms with Crippen LogP contribution >= 0.6 is 31.9 Å². The molecule has 0 atom stereocenters. The second-order valence-corrected chi connectivity index (χ2v) is 17.3. The lowest BCUT2D eigenvalue weighted by Crippen LogP contribution is -2.46. The zero-order chi connectivity index (χ0) is 43.6. The molecular formula is C43H47Br2N9O6. The van der Waals surface area contributed by atoms with E-state index in [9.17, 15) is 9.59 Å². The number of carbonyl (C=O) groups is 2. The van der Waals surface area contributed by atoms with Crippen LogP contribution in [0.1, 0.15) is 58.4 Å². The Labute approximate surface area is 365 Å². The topological polar surface area (TPSA) is 178 Å².